The molecule has 1 heterocycles. The summed E-state index contributed by atoms with van der Waals surface area (Å²) in [7, 11) is 0. The summed E-state index contributed by atoms with van der Waals surface area (Å²) in [6.07, 6.45) is 3.25. The SMILES string of the molecule is Cc1ccccc1CCNC(=O)c1cc(C2CC2)n(C(C)(C)C)n1. The summed E-state index contributed by atoms with van der Waals surface area (Å²) in [5.41, 5.74) is 4.18. The molecule has 0 spiro atoms. The molecule has 0 unspecified atom stereocenters. The molecule has 1 saturated carbocycles. The van der Waals surface area contributed by atoms with E-state index in [1.165, 1.54) is 29.7 Å². The van der Waals surface area contributed by atoms with E-state index in [0.717, 1.165) is 6.42 Å². The quantitative estimate of drug-likeness (QED) is 0.909. The van der Waals surface area contributed by atoms with Crippen LogP contribution in [0.2, 0.25) is 0 Å². The molecule has 128 valence electrons. The van der Waals surface area contributed by atoms with Gasteiger partial charge < -0.3 is 5.32 Å². The first-order valence-corrected chi connectivity index (χ1v) is 8.79. The lowest BCUT2D eigenvalue weighted by atomic mass is 10.1. The number of hydrogen-bond donors (Lipinski definition) is 1. The zero-order valence-corrected chi connectivity index (χ0v) is 15.1. The highest BCUT2D eigenvalue weighted by molar-refractivity contribution is 5.92. The summed E-state index contributed by atoms with van der Waals surface area (Å²) in [4.78, 5) is 12.5. The average molecular weight is 325 g/mol. The van der Waals surface area contributed by atoms with Gasteiger partial charge in [0, 0.05) is 18.2 Å². The summed E-state index contributed by atoms with van der Waals surface area (Å²) in [6.45, 7) is 9.12. The van der Waals surface area contributed by atoms with Gasteiger partial charge in [-0.1, -0.05) is 24.3 Å². The van der Waals surface area contributed by atoms with Crippen molar-refractivity contribution in [3.8, 4) is 0 Å². The maximum atomic E-state index is 12.5. The number of benzene rings is 1. The highest BCUT2D eigenvalue weighted by atomic mass is 16.1. The highest BCUT2D eigenvalue weighted by Crippen LogP contribution is 2.41. The van der Waals surface area contributed by atoms with Gasteiger partial charge in [-0.05, 0) is 64.2 Å². The van der Waals surface area contributed by atoms with E-state index in [4.69, 9.17) is 0 Å². The molecule has 3 rings (SSSR count). The van der Waals surface area contributed by atoms with E-state index < -0.39 is 0 Å². The van der Waals surface area contributed by atoms with Gasteiger partial charge >= 0.3 is 0 Å². The molecule has 4 nitrogen and oxygen atoms in total. The standard InChI is InChI=1S/C20H27N3O/c1-14-7-5-6-8-15(14)11-12-21-19(24)17-13-18(16-9-10-16)23(22-17)20(2,3)4/h5-8,13,16H,9-12H2,1-4H3,(H,21,24). The molecule has 1 aliphatic carbocycles. The summed E-state index contributed by atoms with van der Waals surface area (Å²) in [5, 5.41) is 7.60. The Bertz CT molecular complexity index is 736. The Morgan fingerprint density at radius 1 is 1.29 bits per heavy atom. The molecule has 1 N–H and O–H groups in total. The Balaban J connectivity index is 1.66. The molecule has 0 aliphatic heterocycles. The van der Waals surface area contributed by atoms with Crippen molar-refractivity contribution in [2.75, 3.05) is 6.54 Å². The van der Waals surface area contributed by atoms with Gasteiger partial charge in [0.15, 0.2) is 0 Å². The van der Waals surface area contributed by atoms with Crippen LogP contribution in [0.25, 0.3) is 0 Å². The van der Waals surface area contributed by atoms with Crippen LogP contribution in [-0.4, -0.2) is 22.2 Å². The van der Waals surface area contributed by atoms with Gasteiger partial charge in [-0.25, -0.2) is 0 Å². The van der Waals surface area contributed by atoms with Crippen molar-refractivity contribution in [3.63, 3.8) is 0 Å². The van der Waals surface area contributed by atoms with E-state index in [0.29, 0.717) is 18.2 Å². The van der Waals surface area contributed by atoms with Gasteiger partial charge in [0.1, 0.15) is 5.69 Å². The zero-order chi connectivity index (χ0) is 17.3. The molecule has 1 fully saturated rings. The first kappa shape index (κ1) is 16.7. The van der Waals surface area contributed by atoms with Crippen LogP contribution in [0, 0.1) is 6.92 Å². The predicted octanol–water partition coefficient (Wildman–Crippen LogP) is 3.80. The Hall–Kier alpha value is -2.10. The monoisotopic (exact) mass is 325 g/mol. The Morgan fingerprint density at radius 2 is 2.00 bits per heavy atom. The first-order chi connectivity index (χ1) is 11.4. The fourth-order valence-corrected chi connectivity index (χ4v) is 3.01. The summed E-state index contributed by atoms with van der Waals surface area (Å²) in [6, 6.07) is 10.3. The number of aryl methyl sites for hydroxylation is 1. The van der Waals surface area contributed by atoms with Crippen LogP contribution in [0.15, 0.2) is 30.3 Å². The molecular formula is C20H27N3O. The predicted molar refractivity (Wildman–Crippen MR) is 96.4 cm³/mol. The molecule has 2 aromatic rings. The van der Waals surface area contributed by atoms with Crippen molar-refractivity contribution >= 4 is 5.91 Å². The Labute approximate surface area is 144 Å². The molecule has 4 heteroatoms. The van der Waals surface area contributed by atoms with Crippen LogP contribution in [0.4, 0.5) is 0 Å². The average Bonchev–Trinajstić information content (AvgIpc) is 3.26. The molecule has 0 atom stereocenters. The van der Waals surface area contributed by atoms with Crippen molar-refractivity contribution in [1.29, 1.82) is 0 Å². The van der Waals surface area contributed by atoms with Crippen LogP contribution in [-0.2, 0) is 12.0 Å². The minimum absolute atomic E-state index is 0.0755. The summed E-state index contributed by atoms with van der Waals surface area (Å²) < 4.78 is 2.03. The lowest BCUT2D eigenvalue weighted by Gasteiger charge is -2.22. The molecule has 1 amide bonds. The smallest absolute Gasteiger partial charge is 0.271 e. The lowest BCUT2D eigenvalue weighted by Crippen LogP contribution is -2.28. The molecule has 24 heavy (non-hydrogen) atoms. The van der Waals surface area contributed by atoms with E-state index in [-0.39, 0.29) is 11.4 Å². The van der Waals surface area contributed by atoms with Crippen LogP contribution in [0.1, 0.15) is 66.8 Å². The lowest BCUT2D eigenvalue weighted by molar-refractivity contribution is 0.0947. The minimum atomic E-state index is -0.0996. The maximum absolute atomic E-state index is 12.5. The van der Waals surface area contributed by atoms with E-state index >= 15 is 0 Å². The maximum Gasteiger partial charge on any atom is 0.271 e. The third-order valence-corrected chi connectivity index (χ3v) is 4.54. The molecular weight excluding hydrogens is 298 g/mol. The van der Waals surface area contributed by atoms with E-state index in [2.05, 4.69) is 50.2 Å². The molecule has 1 aromatic heterocycles. The number of nitrogens with zero attached hydrogens (tertiary/aromatic N) is 2. The Morgan fingerprint density at radius 3 is 2.62 bits per heavy atom. The number of aromatic nitrogens is 2. The largest absolute Gasteiger partial charge is 0.350 e. The van der Waals surface area contributed by atoms with Gasteiger partial charge in [-0.15, -0.1) is 0 Å². The number of rotatable bonds is 5. The topological polar surface area (TPSA) is 46.9 Å². The van der Waals surface area contributed by atoms with Crippen molar-refractivity contribution in [3.05, 3.63) is 52.8 Å². The van der Waals surface area contributed by atoms with Crippen LogP contribution >= 0.6 is 0 Å². The number of hydrogen-bond acceptors (Lipinski definition) is 2. The van der Waals surface area contributed by atoms with E-state index in [1.807, 2.05) is 22.9 Å². The third kappa shape index (κ3) is 3.69. The molecule has 0 radical (unpaired) electrons. The molecule has 0 bridgehead atoms. The zero-order valence-electron chi connectivity index (χ0n) is 15.1. The highest BCUT2D eigenvalue weighted by Gasteiger charge is 2.32. The van der Waals surface area contributed by atoms with E-state index in [9.17, 15) is 4.79 Å². The second-order valence-electron chi connectivity index (χ2n) is 7.74. The number of carbonyl (C=O) groups is 1. The number of carbonyl (C=O) groups excluding carboxylic acids is 1. The minimum Gasteiger partial charge on any atom is -0.350 e. The van der Waals surface area contributed by atoms with Crippen LogP contribution in [0.5, 0.6) is 0 Å². The van der Waals surface area contributed by atoms with Gasteiger partial charge in [0.05, 0.1) is 5.54 Å². The second-order valence-corrected chi connectivity index (χ2v) is 7.74. The summed E-state index contributed by atoms with van der Waals surface area (Å²) in [5.74, 6) is 0.499. The number of amides is 1. The van der Waals surface area contributed by atoms with E-state index in [1.54, 1.807) is 0 Å². The Kier molecular flexibility index (Phi) is 4.48. The van der Waals surface area contributed by atoms with Crippen molar-refractivity contribution in [1.82, 2.24) is 15.1 Å². The van der Waals surface area contributed by atoms with Gasteiger partial charge in [-0.2, -0.15) is 5.10 Å². The number of nitrogens with one attached hydrogen (secondary N) is 1. The second kappa shape index (κ2) is 6.42. The summed E-state index contributed by atoms with van der Waals surface area (Å²) >= 11 is 0. The van der Waals surface area contributed by atoms with Crippen LogP contribution < -0.4 is 5.32 Å². The van der Waals surface area contributed by atoms with Crippen LogP contribution in [0.3, 0.4) is 0 Å². The van der Waals surface area contributed by atoms with Crippen molar-refractivity contribution in [2.24, 2.45) is 0 Å². The van der Waals surface area contributed by atoms with Crippen molar-refractivity contribution < 1.29 is 4.79 Å². The normalized spacial score (nSPS) is 14.7. The first-order valence-electron chi connectivity index (χ1n) is 8.79. The molecule has 1 aromatic carbocycles. The fourth-order valence-electron chi connectivity index (χ4n) is 3.01. The third-order valence-electron chi connectivity index (χ3n) is 4.54. The van der Waals surface area contributed by atoms with Gasteiger partial charge in [-0.3, -0.25) is 9.48 Å². The van der Waals surface area contributed by atoms with Crippen molar-refractivity contribution in [2.45, 2.75) is 58.4 Å². The molecule has 1 aliphatic rings. The fraction of sp³-hybridized carbons (Fsp3) is 0.500. The van der Waals surface area contributed by atoms with Gasteiger partial charge in [0.25, 0.3) is 5.91 Å². The molecule has 0 saturated heterocycles. The van der Waals surface area contributed by atoms with Gasteiger partial charge in [0.2, 0.25) is 0 Å².